The van der Waals surface area contributed by atoms with Crippen molar-refractivity contribution in [3.8, 4) is 5.75 Å². The van der Waals surface area contributed by atoms with Gasteiger partial charge in [0.25, 0.3) is 0 Å². The van der Waals surface area contributed by atoms with Crippen LogP contribution in [0.5, 0.6) is 5.75 Å². The van der Waals surface area contributed by atoms with Crippen LogP contribution in [-0.4, -0.2) is 31.6 Å². The molecule has 0 N–H and O–H groups in total. The van der Waals surface area contributed by atoms with Crippen molar-refractivity contribution in [2.75, 3.05) is 18.6 Å². The van der Waals surface area contributed by atoms with Gasteiger partial charge in [-0.05, 0) is 25.1 Å². The number of hydrogen-bond donors (Lipinski definition) is 0. The number of rotatable bonds is 2. The lowest BCUT2D eigenvalue weighted by Crippen LogP contribution is -2.50. The molecule has 0 saturated heterocycles. The lowest BCUT2D eigenvalue weighted by atomic mass is 10.1. The molecule has 1 aromatic rings. The third-order valence-corrected chi connectivity index (χ3v) is 2.87. The molecule has 1 heterocycles. The Hall–Kier alpha value is -1.75. The maximum Gasteiger partial charge on any atom is 0.346 e. The molecular weight excluding hydrogens is 258 g/mol. The van der Waals surface area contributed by atoms with Gasteiger partial charge >= 0.3 is 11.9 Å². The highest BCUT2D eigenvalue weighted by Crippen LogP contribution is 2.35. The van der Waals surface area contributed by atoms with Crippen molar-refractivity contribution in [2.24, 2.45) is 0 Å². The molecule has 18 heavy (non-hydrogen) atoms. The van der Waals surface area contributed by atoms with Crippen LogP contribution in [0, 0.1) is 0 Å². The number of ether oxygens (including phenoxy) is 2. The first kappa shape index (κ1) is 12.7. The third-order valence-electron chi connectivity index (χ3n) is 2.63. The summed E-state index contributed by atoms with van der Waals surface area (Å²) in [7, 11) is 1.62. The van der Waals surface area contributed by atoms with Crippen molar-refractivity contribution in [1.29, 1.82) is 0 Å². The molecule has 0 amide bonds. The maximum atomic E-state index is 11.8. The zero-order valence-corrected chi connectivity index (χ0v) is 10.7. The van der Waals surface area contributed by atoms with Crippen molar-refractivity contribution in [3.05, 3.63) is 23.2 Å². The number of fused-ring (bicyclic) bond motifs is 1. The fourth-order valence-electron chi connectivity index (χ4n) is 1.79. The van der Waals surface area contributed by atoms with Gasteiger partial charge in [0, 0.05) is 12.1 Å². The summed E-state index contributed by atoms with van der Waals surface area (Å²) >= 11 is 5.88. The minimum atomic E-state index is -1.09. The van der Waals surface area contributed by atoms with Gasteiger partial charge in [-0.25, -0.2) is 9.59 Å². The number of halogens is 1. The van der Waals surface area contributed by atoms with Crippen LogP contribution in [0.2, 0.25) is 5.02 Å². The van der Waals surface area contributed by atoms with Crippen LogP contribution in [-0.2, 0) is 14.3 Å². The largest absolute Gasteiger partial charge is 0.464 e. The standard InChI is InChI=1S/C12H12ClNO4/c1-3-17-11(15)10-12(16)18-9-5-4-7(13)6-8(9)14(10)2/h4-6,10H,3H2,1-2H3. The van der Waals surface area contributed by atoms with Gasteiger partial charge in [0.2, 0.25) is 6.04 Å². The third kappa shape index (κ3) is 2.13. The van der Waals surface area contributed by atoms with Gasteiger partial charge in [-0.2, -0.15) is 0 Å². The van der Waals surface area contributed by atoms with Crippen molar-refractivity contribution in [2.45, 2.75) is 13.0 Å². The number of esters is 2. The second-order valence-electron chi connectivity index (χ2n) is 3.80. The van der Waals surface area contributed by atoms with E-state index in [0.717, 1.165) is 0 Å². The van der Waals surface area contributed by atoms with E-state index in [0.29, 0.717) is 16.5 Å². The molecule has 1 aliphatic rings. The number of anilines is 1. The first-order valence-corrected chi connectivity index (χ1v) is 5.83. The zero-order valence-electron chi connectivity index (χ0n) is 9.97. The fraction of sp³-hybridized carbons (Fsp3) is 0.333. The number of carbonyl (C=O) groups excluding carboxylic acids is 2. The lowest BCUT2D eigenvalue weighted by molar-refractivity contribution is -0.152. The van der Waals surface area contributed by atoms with E-state index in [-0.39, 0.29) is 6.61 Å². The summed E-state index contributed by atoms with van der Waals surface area (Å²) in [6.45, 7) is 1.88. The van der Waals surface area contributed by atoms with E-state index in [1.807, 2.05) is 0 Å². The quantitative estimate of drug-likeness (QED) is 0.464. The van der Waals surface area contributed by atoms with Gasteiger partial charge in [0.1, 0.15) is 0 Å². The first-order chi connectivity index (χ1) is 8.54. The van der Waals surface area contributed by atoms with Gasteiger partial charge < -0.3 is 14.4 Å². The molecule has 0 saturated carbocycles. The van der Waals surface area contributed by atoms with Crippen LogP contribution < -0.4 is 9.64 Å². The first-order valence-electron chi connectivity index (χ1n) is 5.45. The van der Waals surface area contributed by atoms with Gasteiger partial charge in [-0.3, -0.25) is 0 Å². The van der Waals surface area contributed by atoms with E-state index < -0.39 is 18.0 Å². The monoisotopic (exact) mass is 269 g/mol. The van der Waals surface area contributed by atoms with Gasteiger partial charge in [0.05, 0.1) is 12.3 Å². The highest BCUT2D eigenvalue weighted by Gasteiger charge is 2.39. The Kier molecular flexibility index (Phi) is 3.43. The molecule has 0 aromatic heterocycles. The zero-order chi connectivity index (χ0) is 13.3. The number of nitrogens with zero attached hydrogens (tertiary/aromatic N) is 1. The molecule has 2 rings (SSSR count). The van der Waals surface area contributed by atoms with Crippen LogP contribution >= 0.6 is 11.6 Å². The Morgan fingerprint density at radius 2 is 2.28 bits per heavy atom. The summed E-state index contributed by atoms with van der Waals surface area (Å²) in [5.74, 6) is -0.895. The minimum Gasteiger partial charge on any atom is -0.464 e. The average Bonchev–Trinajstić information content (AvgIpc) is 2.31. The lowest BCUT2D eigenvalue weighted by Gasteiger charge is -2.32. The van der Waals surface area contributed by atoms with Crippen molar-refractivity contribution in [1.82, 2.24) is 0 Å². The van der Waals surface area contributed by atoms with Crippen molar-refractivity contribution >= 4 is 29.2 Å². The Labute approximate surface area is 109 Å². The minimum absolute atomic E-state index is 0.207. The van der Waals surface area contributed by atoms with E-state index in [1.54, 1.807) is 32.2 Å². The highest BCUT2D eigenvalue weighted by atomic mass is 35.5. The number of carbonyl (C=O) groups is 2. The van der Waals surface area contributed by atoms with Crippen LogP contribution in [0.4, 0.5) is 5.69 Å². The predicted molar refractivity (Wildman–Crippen MR) is 65.9 cm³/mol. The average molecular weight is 270 g/mol. The summed E-state index contributed by atoms with van der Waals surface area (Å²) in [6, 6.07) is 3.76. The molecule has 1 atom stereocenters. The Morgan fingerprint density at radius 3 is 2.94 bits per heavy atom. The van der Waals surface area contributed by atoms with Crippen LogP contribution in [0.25, 0.3) is 0 Å². The second-order valence-corrected chi connectivity index (χ2v) is 4.24. The molecule has 0 spiro atoms. The van der Waals surface area contributed by atoms with Crippen molar-refractivity contribution in [3.63, 3.8) is 0 Å². The number of hydrogen-bond acceptors (Lipinski definition) is 5. The van der Waals surface area contributed by atoms with E-state index in [2.05, 4.69) is 0 Å². The van der Waals surface area contributed by atoms with E-state index in [1.165, 1.54) is 4.90 Å². The normalized spacial score (nSPS) is 18.1. The van der Waals surface area contributed by atoms with Gasteiger partial charge in [-0.1, -0.05) is 11.6 Å². The van der Waals surface area contributed by atoms with Crippen LogP contribution in [0.1, 0.15) is 6.92 Å². The molecule has 1 aliphatic heterocycles. The summed E-state index contributed by atoms with van der Waals surface area (Å²) in [5, 5.41) is 0.501. The molecule has 96 valence electrons. The molecule has 0 fully saturated rings. The summed E-state index contributed by atoms with van der Waals surface area (Å²) < 4.78 is 9.95. The second kappa shape index (κ2) is 4.86. The topological polar surface area (TPSA) is 55.8 Å². The summed E-state index contributed by atoms with van der Waals surface area (Å²) in [4.78, 5) is 25.0. The maximum absolute atomic E-state index is 11.8. The Balaban J connectivity index is 2.37. The van der Waals surface area contributed by atoms with Crippen molar-refractivity contribution < 1.29 is 19.1 Å². The van der Waals surface area contributed by atoms with E-state index >= 15 is 0 Å². The van der Waals surface area contributed by atoms with Crippen LogP contribution in [0.15, 0.2) is 18.2 Å². The van der Waals surface area contributed by atoms with E-state index in [9.17, 15) is 9.59 Å². The smallest absolute Gasteiger partial charge is 0.346 e. The number of likely N-dealkylation sites (N-methyl/N-ethyl adjacent to an activating group) is 1. The molecule has 0 aliphatic carbocycles. The molecular formula is C12H12ClNO4. The van der Waals surface area contributed by atoms with Gasteiger partial charge in [0.15, 0.2) is 5.75 Å². The molecule has 0 radical (unpaired) electrons. The fourth-order valence-corrected chi connectivity index (χ4v) is 1.96. The van der Waals surface area contributed by atoms with Crippen LogP contribution in [0.3, 0.4) is 0 Å². The molecule has 6 heteroatoms. The predicted octanol–water partition coefficient (Wildman–Crippen LogP) is 1.63. The number of benzene rings is 1. The Bertz CT molecular complexity index is 503. The molecule has 1 unspecified atom stereocenters. The Morgan fingerprint density at radius 1 is 1.56 bits per heavy atom. The van der Waals surface area contributed by atoms with Gasteiger partial charge in [-0.15, -0.1) is 0 Å². The van der Waals surface area contributed by atoms with E-state index in [4.69, 9.17) is 21.1 Å². The molecule has 0 bridgehead atoms. The summed E-state index contributed by atoms with van der Waals surface area (Å²) in [6.07, 6.45) is 0. The molecule has 1 aromatic carbocycles. The highest BCUT2D eigenvalue weighted by molar-refractivity contribution is 6.31. The SMILES string of the molecule is CCOC(=O)C1C(=O)Oc2ccc(Cl)cc2N1C. The molecule has 5 nitrogen and oxygen atoms in total. The summed E-state index contributed by atoms with van der Waals surface area (Å²) in [5.41, 5.74) is 0.583.